The van der Waals surface area contributed by atoms with Gasteiger partial charge in [0, 0.05) is 36.7 Å². The SMILES string of the molecule is C[C@@H](NC(=O)[C@H]1CCCN(C(=O)c2ccc(F)cc2)C1)c1ccc(-n2ccnc2)cc1. The molecule has 0 aliphatic carbocycles. The number of nitrogens with zero attached hydrogens (tertiary/aromatic N) is 3. The largest absolute Gasteiger partial charge is 0.349 e. The third-order valence-corrected chi connectivity index (χ3v) is 5.72. The molecule has 0 unspecified atom stereocenters. The molecule has 1 aliphatic heterocycles. The Hall–Kier alpha value is -3.48. The average molecular weight is 420 g/mol. The maximum Gasteiger partial charge on any atom is 0.253 e. The molecule has 3 aromatic rings. The van der Waals surface area contributed by atoms with Crippen LogP contribution in [0.5, 0.6) is 0 Å². The number of rotatable bonds is 5. The standard InChI is InChI=1S/C24H25FN4O2/c1-17(18-6-10-22(11-7-18)29-14-12-26-16-29)27-23(30)20-3-2-13-28(15-20)24(31)19-4-8-21(25)9-5-19/h4-12,14,16-17,20H,2-3,13,15H2,1H3,(H,27,30)/t17-,20+/m1/s1. The minimum atomic E-state index is -0.375. The molecule has 7 heteroatoms. The molecule has 1 fully saturated rings. The van der Waals surface area contributed by atoms with E-state index in [2.05, 4.69) is 10.3 Å². The predicted octanol–water partition coefficient (Wildman–Crippen LogP) is 3.74. The summed E-state index contributed by atoms with van der Waals surface area (Å²) >= 11 is 0. The zero-order chi connectivity index (χ0) is 21.8. The molecule has 2 heterocycles. The van der Waals surface area contributed by atoms with Crippen LogP contribution in [0.2, 0.25) is 0 Å². The molecule has 6 nitrogen and oxygen atoms in total. The van der Waals surface area contributed by atoms with Gasteiger partial charge in [-0.3, -0.25) is 9.59 Å². The summed E-state index contributed by atoms with van der Waals surface area (Å²) in [5.74, 6) is -0.853. The molecule has 0 radical (unpaired) electrons. The van der Waals surface area contributed by atoms with Gasteiger partial charge in [-0.15, -0.1) is 0 Å². The number of halogens is 1. The Labute approximate surface area is 180 Å². The second-order valence-corrected chi connectivity index (χ2v) is 7.89. The first-order chi connectivity index (χ1) is 15.0. The zero-order valence-electron chi connectivity index (χ0n) is 17.4. The Bertz CT molecular complexity index is 1030. The van der Waals surface area contributed by atoms with Crippen molar-refractivity contribution >= 4 is 11.8 Å². The first-order valence-electron chi connectivity index (χ1n) is 10.4. The monoisotopic (exact) mass is 420 g/mol. The number of carbonyl (C=O) groups is 2. The van der Waals surface area contributed by atoms with E-state index in [0.29, 0.717) is 18.7 Å². The van der Waals surface area contributed by atoms with Crippen LogP contribution in [0.4, 0.5) is 4.39 Å². The summed E-state index contributed by atoms with van der Waals surface area (Å²) in [6.45, 7) is 2.92. The van der Waals surface area contributed by atoms with Gasteiger partial charge in [-0.1, -0.05) is 12.1 Å². The lowest BCUT2D eigenvalue weighted by Gasteiger charge is -2.32. The topological polar surface area (TPSA) is 67.2 Å². The minimum absolute atomic E-state index is 0.0530. The molecule has 1 N–H and O–H groups in total. The summed E-state index contributed by atoms with van der Waals surface area (Å²) in [5.41, 5.74) is 2.45. The van der Waals surface area contributed by atoms with Crippen LogP contribution in [0.1, 0.15) is 41.7 Å². The second kappa shape index (κ2) is 9.12. The number of amides is 2. The molecular weight excluding hydrogens is 395 g/mol. The van der Waals surface area contributed by atoms with Crippen LogP contribution in [0.15, 0.2) is 67.3 Å². The van der Waals surface area contributed by atoms with Gasteiger partial charge in [-0.25, -0.2) is 9.37 Å². The highest BCUT2D eigenvalue weighted by Crippen LogP contribution is 2.21. The third kappa shape index (κ3) is 4.82. The molecular formula is C24H25FN4O2. The van der Waals surface area contributed by atoms with Gasteiger partial charge >= 0.3 is 0 Å². The third-order valence-electron chi connectivity index (χ3n) is 5.72. The smallest absolute Gasteiger partial charge is 0.253 e. The van der Waals surface area contributed by atoms with Gasteiger partial charge in [-0.2, -0.15) is 0 Å². The molecule has 160 valence electrons. The van der Waals surface area contributed by atoms with E-state index >= 15 is 0 Å². The zero-order valence-corrected chi connectivity index (χ0v) is 17.4. The van der Waals surface area contributed by atoms with Gasteiger partial charge in [0.25, 0.3) is 5.91 Å². The molecule has 1 aliphatic rings. The normalized spacial score (nSPS) is 17.2. The summed E-state index contributed by atoms with van der Waals surface area (Å²) in [4.78, 5) is 31.3. The summed E-state index contributed by atoms with van der Waals surface area (Å²) in [6, 6.07) is 13.3. The summed E-state index contributed by atoms with van der Waals surface area (Å²) in [5, 5.41) is 3.08. The molecule has 2 atom stereocenters. The fourth-order valence-corrected chi connectivity index (χ4v) is 3.91. The number of hydrogen-bond donors (Lipinski definition) is 1. The van der Waals surface area contributed by atoms with E-state index in [0.717, 1.165) is 24.1 Å². The van der Waals surface area contributed by atoms with E-state index in [1.165, 1.54) is 24.3 Å². The predicted molar refractivity (Wildman–Crippen MR) is 115 cm³/mol. The fourth-order valence-electron chi connectivity index (χ4n) is 3.91. The van der Waals surface area contributed by atoms with Crippen molar-refractivity contribution in [3.63, 3.8) is 0 Å². The van der Waals surface area contributed by atoms with Crippen LogP contribution >= 0.6 is 0 Å². The number of nitrogens with one attached hydrogen (secondary N) is 1. The summed E-state index contributed by atoms with van der Waals surface area (Å²) < 4.78 is 15.1. The molecule has 0 bridgehead atoms. The number of hydrogen-bond acceptors (Lipinski definition) is 3. The van der Waals surface area contributed by atoms with Crippen LogP contribution in [0, 0.1) is 11.7 Å². The summed E-state index contributed by atoms with van der Waals surface area (Å²) in [6.07, 6.45) is 6.85. The van der Waals surface area contributed by atoms with E-state index in [9.17, 15) is 14.0 Å². The molecule has 1 aromatic heterocycles. The Morgan fingerprint density at radius 3 is 2.55 bits per heavy atom. The molecule has 1 saturated heterocycles. The van der Waals surface area contributed by atoms with Crippen LogP contribution in [-0.2, 0) is 4.79 Å². The number of imidazole rings is 1. The van der Waals surface area contributed by atoms with Gasteiger partial charge in [-0.05, 0) is 61.7 Å². The number of aromatic nitrogens is 2. The van der Waals surface area contributed by atoms with Crippen LogP contribution in [0.25, 0.3) is 5.69 Å². The van der Waals surface area contributed by atoms with E-state index in [-0.39, 0.29) is 29.6 Å². The van der Waals surface area contributed by atoms with E-state index in [1.807, 2.05) is 42.0 Å². The molecule has 2 aromatic carbocycles. The van der Waals surface area contributed by atoms with Gasteiger partial charge in [0.2, 0.25) is 5.91 Å². The highest BCUT2D eigenvalue weighted by molar-refractivity contribution is 5.94. The number of piperidine rings is 1. The van der Waals surface area contributed by atoms with E-state index in [4.69, 9.17) is 0 Å². The van der Waals surface area contributed by atoms with Gasteiger partial charge in [0.05, 0.1) is 18.3 Å². The van der Waals surface area contributed by atoms with E-state index in [1.54, 1.807) is 17.4 Å². The Morgan fingerprint density at radius 2 is 1.87 bits per heavy atom. The molecule has 31 heavy (non-hydrogen) atoms. The molecule has 2 amide bonds. The first-order valence-corrected chi connectivity index (χ1v) is 10.4. The first kappa shape index (κ1) is 20.8. The van der Waals surface area contributed by atoms with Crippen LogP contribution < -0.4 is 5.32 Å². The highest BCUT2D eigenvalue weighted by atomic mass is 19.1. The van der Waals surface area contributed by atoms with Gasteiger partial charge in [0.15, 0.2) is 0 Å². The van der Waals surface area contributed by atoms with Crippen molar-refractivity contribution in [2.24, 2.45) is 5.92 Å². The number of benzene rings is 2. The maximum atomic E-state index is 13.1. The fraction of sp³-hybridized carbons (Fsp3) is 0.292. The quantitative estimate of drug-likeness (QED) is 0.684. The Kier molecular flexibility index (Phi) is 6.11. The van der Waals surface area contributed by atoms with Crippen LogP contribution in [0.3, 0.4) is 0 Å². The minimum Gasteiger partial charge on any atom is -0.349 e. The lowest BCUT2D eigenvalue weighted by Crippen LogP contribution is -2.45. The van der Waals surface area contributed by atoms with Gasteiger partial charge < -0.3 is 14.8 Å². The second-order valence-electron chi connectivity index (χ2n) is 7.89. The number of carbonyl (C=O) groups excluding carboxylic acids is 2. The van der Waals surface area contributed by atoms with Crippen molar-refractivity contribution in [1.82, 2.24) is 19.8 Å². The van der Waals surface area contributed by atoms with E-state index < -0.39 is 0 Å². The maximum absolute atomic E-state index is 13.1. The van der Waals surface area contributed by atoms with Crippen molar-refractivity contribution in [2.75, 3.05) is 13.1 Å². The van der Waals surface area contributed by atoms with Crippen LogP contribution in [-0.4, -0.2) is 39.4 Å². The molecule has 0 spiro atoms. The average Bonchev–Trinajstić information content (AvgIpc) is 3.34. The van der Waals surface area contributed by atoms with Crippen molar-refractivity contribution in [1.29, 1.82) is 0 Å². The number of likely N-dealkylation sites (tertiary alicyclic amines) is 1. The van der Waals surface area contributed by atoms with Crippen molar-refractivity contribution < 1.29 is 14.0 Å². The Morgan fingerprint density at radius 1 is 1.13 bits per heavy atom. The molecule has 0 saturated carbocycles. The van der Waals surface area contributed by atoms with Crippen molar-refractivity contribution in [2.45, 2.75) is 25.8 Å². The van der Waals surface area contributed by atoms with Gasteiger partial charge in [0.1, 0.15) is 5.82 Å². The van der Waals surface area contributed by atoms with Crippen molar-refractivity contribution in [3.05, 3.63) is 84.2 Å². The Balaban J connectivity index is 1.36. The van der Waals surface area contributed by atoms with Crippen molar-refractivity contribution in [3.8, 4) is 5.69 Å². The lowest BCUT2D eigenvalue weighted by atomic mass is 9.95. The summed E-state index contributed by atoms with van der Waals surface area (Å²) in [7, 11) is 0. The highest BCUT2D eigenvalue weighted by Gasteiger charge is 2.29. The lowest BCUT2D eigenvalue weighted by molar-refractivity contribution is -0.127. The molecule has 4 rings (SSSR count).